The number of ether oxygens (including phenoxy) is 1. The molecule has 0 fully saturated rings. The Morgan fingerprint density at radius 1 is 1.28 bits per heavy atom. The molecule has 0 aliphatic carbocycles. The molecule has 128 valence electrons. The summed E-state index contributed by atoms with van der Waals surface area (Å²) in [5.41, 5.74) is 1.45. The molecule has 25 heavy (non-hydrogen) atoms. The second-order valence-electron chi connectivity index (χ2n) is 5.27. The van der Waals surface area contributed by atoms with Gasteiger partial charge in [-0.2, -0.15) is 0 Å². The molecular weight excluding hydrogens is 329 g/mol. The molecule has 7 nitrogen and oxygen atoms in total. The lowest BCUT2D eigenvalue weighted by molar-refractivity contribution is 0.0693. The zero-order valence-electron chi connectivity index (χ0n) is 13.2. The lowest BCUT2D eigenvalue weighted by atomic mass is 10.1. The average molecular weight is 343 g/mol. The quantitative estimate of drug-likeness (QED) is 0.659. The number of amides is 1. The first-order chi connectivity index (χ1) is 12.0. The van der Waals surface area contributed by atoms with Crippen LogP contribution < -0.4 is 10.1 Å². The maximum atomic E-state index is 13.6. The molecule has 3 rings (SSSR count). The third kappa shape index (κ3) is 3.27. The number of nitrogens with zero attached hydrogens (tertiary/aromatic N) is 1. The molecule has 1 heterocycles. The molecule has 2 aromatic carbocycles. The number of nitrogens with one attached hydrogen (secondary N) is 2. The van der Waals surface area contributed by atoms with Gasteiger partial charge in [0.15, 0.2) is 0 Å². The molecule has 1 aromatic heterocycles. The minimum Gasteiger partial charge on any atom is -0.496 e. The van der Waals surface area contributed by atoms with Crippen LogP contribution in [0.5, 0.6) is 5.75 Å². The van der Waals surface area contributed by atoms with Gasteiger partial charge in [0.25, 0.3) is 5.91 Å². The van der Waals surface area contributed by atoms with Crippen LogP contribution in [-0.2, 0) is 6.54 Å². The van der Waals surface area contributed by atoms with E-state index in [-0.39, 0.29) is 23.4 Å². The highest BCUT2D eigenvalue weighted by molar-refractivity contribution is 6.04. The summed E-state index contributed by atoms with van der Waals surface area (Å²) in [5, 5.41) is 11.8. The minimum absolute atomic E-state index is 0.00491. The Bertz CT molecular complexity index is 968. The van der Waals surface area contributed by atoms with Gasteiger partial charge in [-0.05, 0) is 29.8 Å². The number of aromatic nitrogens is 2. The van der Waals surface area contributed by atoms with Gasteiger partial charge in [-0.3, -0.25) is 4.79 Å². The van der Waals surface area contributed by atoms with Crippen LogP contribution in [0.1, 0.15) is 26.3 Å². The predicted molar refractivity (Wildman–Crippen MR) is 87.2 cm³/mol. The van der Waals surface area contributed by atoms with Crippen LogP contribution >= 0.6 is 0 Å². The van der Waals surface area contributed by atoms with Crippen molar-refractivity contribution in [3.05, 3.63) is 59.2 Å². The van der Waals surface area contributed by atoms with Crippen molar-refractivity contribution < 1.29 is 23.8 Å². The monoisotopic (exact) mass is 343 g/mol. The van der Waals surface area contributed by atoms with Crippen LogP contribution in [0.15, 0.2) is 36.7 Å². The number of fused-ring (bicyclic) bond motifs is 1. The zero-order valence-corrected chi connectivity index (χ0v) is 13.2. The summed E-state index contributed by atoms with van der Waals surface area (Å²) in [6.07, 6.45) is 1.38. The summed E-state index contributed by atoms with van der Waals surface area (Å²) in [7, 11) is 1.38. The van der Waals surface area contributed by atoms with Crippen LogP contribution in [-0.4, -0.2) is 34.1 Å². The number of carbonyl (C=O) groups excluding carboxylic acids is 1. The van der Waals surface area contributed by atoms with Gasteiger partial charge in [0, 0.05) is 6.54 Å². The Morgan fingerprint density at radius 2 is 2.08 bits per heavy atom. The highest BCUT2D eigenvalue weighted by atomic mass is 19.1. The van der Waals surface area contributed by atoms with Gasteiger partial charge in [-0.25, -0.2) is 14.2 Å². The van der Waals surface area contributed by atoms with Gasteiger partial charge < -0.3 is 20.1 Å². The van der Waals surface area contributed by atoms with E-state index in [4.69, 9.17) is 4.74 Å². The number of carboxylic acid groups (broad SMARTS) is 1. The number of benzene rings is 2. The van der Waals surface area contributed by atoms with Gasteiger partial charge in [0.1, 0.15) is 22.6 Å². The van der Waals surface area contributed by atoms with Gasteiger partial charge >= 0.3 is 5.97 Å². The summed E-state index contributed by atoms with van der Waals surface area (Å²) in [4.78, 5) is 30.3. The molecule has 8 heteroatoms. The van der Waals surface area contributed by atoms with E-state index in [1.807, 2.05) is 0 Å². The van der Waals surface area contributed by atoms with Crippen molar-refractivity contribution in [3.8, 4) is 5.75 Å². The Kier molecular flexibility index (Phi) is 4.34. The van der Waals surface area contributed by atoms with Crippen LogP contribution in [0.3, 0.4) is 0 Å². The molecule has 3 aromatic rings. The Labute approximate surface area is 141 Å². The molecule has 0 saturated heterocycles. The second kappa shape index (κ2) is 6.60. The number of aromatic carboxylic acids is 1. The molecule has 0 aliphatic rings. The van der Waals surface area contributed by atoms with Gasteiger partial charge in [-0.1, -0.05) is 6.07 Å². The van der Waals surface area contributed by atoms with E-state index >= 15 is 0 Å². The molecule has 0 atom stereocenters. The fourth-order valence-electron chi connectivity index (χ4n) is 2.50. The molecule has 0 radical (unpaired) electrons. The number of halogens is 1. The van der Waals surface area contributed by atoms with Crippen molar-refractivity contribution in [2.75, 3.05) is 7.11 Å². The minimum atomic E-state index is -1.13. The SMILES string of the molecule is COc1ccc(CNC(=O)c2cc(F)cc3[nH]cnc23)cc1C(=O)O. The third-order valence-corrected chi connectivity index (χ3v) is 3.68. The number of methoxy groups -OCH3 is 1. The zero-order chi connectivity index (χ0) is 18.0. The number of hydrogen-bond acceptors (Lipinski definition) is 4. The van der Waals surface area contributed by atoms with Crippen molar-refractivity contribution in [1.29, 1.82) is 0 Å². The van der Waals surface area contributed by atoms with Crippen molar-refractivity contribution in [3.63, 3.8) is 0 Å². The molecule has 1 amide bonds. The van der Waals surface area contributed by atoms with Gasteiger partial charge in [-0.15, -0.1) is 0 Å². The highest BCUT2D eigenvalue weighted by Gasteiger charge is 2.15. The average Bonchev–Trinajstić information content (AvgIpc) is 3.06. The van der Waals surface area contributed by atoms with E-state index in [2.05, 4.69) is 15.3 Å². The maximum Gasteiger partial charge on any atom is 0.339 e. The van der Waals surface area contributed by atoms with Crippen molar-refractivity contribution in [1.82, 2.24) is 15.3 Å². The molecular formula is C17H14FN3O4. The highest BCUT2D eigenvalue weighted by Crippen LogP contribution is 2.20. The first-order valence-corrected chi connectivity index (χ1v) is 7.30. The molecule has 0 saturated carbocycles. The molecule has 0 spiro atoms. The summed E-state index contributed by atoms with van der Waals surface area (Å²) in [6, 6.07) is 6.92. The summed E-state index contributed by atoms with van der Waals surface area (Å²) in [5.74, 6) is -1.97. The van der Waals surface area contributed by atoms with E-state index in [0.717, 1.165) is 6.07 Å². The Balaban J connectivity index is 1.81. The maximum absolute atomic E-state index is 13.6. The fraction of sp³-hybridized carbons (Fsp3) is 0.118. The summed E-state index contributed by atoms with van der Waals surface area (Å²) >= 11 is 0. The van der Waals surface area contributed by atoms with Crippen molar-refractivity contribution in [2.24, 2.45) is 0 Å². The number of H-pyrrole nitrogens is 1. The normalized spacial score (nSPS) is 10.6. The van der Waals surface area contributed by atoms with Crippen LogP contribution in [0.2, 0.25) is 0 Å². The predicted octanol–water partition coefficient (Wildman–Crippen LogP) is 2.34. The van der Waals surface area contributed by atoms with E-state index in [9.17, 15) is 19.1 Å². The van der Waals surface area contributed by atoms with Crippen molar-refractivity contribution >= 4 is 22.9 Å². The summed E-state index contributed by atoms with van der Waals surface area (Å²) < 4.78 is 18.6. The molecule has 0 aliphatic heterocycles. The number of carbonyl (C=O) groups is 2. The van der Waals surface area contributed by atoms with E-state index in [1.54, 1.807) is 6.07 Å². The molecule has 0 bridgehead atoms. The fourth-order valence-corrected chi connectivity index (χ4v) is 2.50. The van der Waals surface area contributed by atoms with Crippen LogP contribution in [0.25, 0.3) is 11.0 Å². The Hall–Kier alpha value is -3.42. The van der Waals surface area contributed by atoms with E-state index < -0.39 is 17.7 Å². The topological polar surface area (TPSA) is 104 Å². The Morgan fingerprint density at radius 3 is 2.80 bits per heavy atom. The van der Waals surface area contributed by atoms with Gasteiger partial charge in [0.2, 0.25) is 0 Å². The second-order valence-corrected chi connectivity index (χ2v) is 5.27. The largest absolute Gasteiger partial charge is 0.496 e. The van der Waals surface area contributed by atoms with Gasteiger partial charge in [0.05, 0.1) is 24.5 Å². The van der Waals surface area contributed by atoms with Crippen LogP contribution in [0, 0.1) is 5.82 Å². The van der Waals surface area contributed by atoms with Crippen molar-refractivity contribution in [2.45, 2.75) is 6.54 Å². The van der Waals surface area contributed by atoms with E-state index in [1.165, 1.54) is 31.6 Å². The van der Waals surface area contributed by atoms with Crippen LogP contribution in [0.4, 0.5) is 4.39 Å². The number of imidazole rings is 1. The molecule has 0 unspecified atom stereocenters. The third-order valence-electron chi connectivity index (χ3n) is 3.68. The number of carboxylic acids is 1. The number of rotatable bonds is 5. The smallest absolute Gasteiger partial charge is 0.339 e. The number of hydrogen-bond donors (Lipinski definition) is 3. The summed E-state index contributed by atoms with van der Waals surface area (Å²) in [6.45, 7) is 0.0749. The standard InChI is InChI=1S/C17H14FN3O4/c1-25-14-3-2-9(4-11(14)17(23)24)7-19-16(22)12-5-10(18)6-13-15(12)21-8-20-13/h2-6,8H,7H2,1H3,(H,19,22)(H,20,21)(H,23,24). The van der Waals surface area contributed by atoms with E-state index in [0.29, 0.717) is 16.6 Å². The lowest BCUT2D eigenvalue weighted by Gasteiger charge is -2.09. The lowest BCUT2D eigenvalue weighted by Crippen LogP contribution is -2.23. The first kappa shape index (κ1) is 16.4. The molecule has 3 N–H and O–H groups in total. The number of aromatic amines is 1. The first-order valence-electron chi connectivity index (χ1n) is 7.30.